The highest BCUT2D eigenvalue weighted by Crippen LogP contribution is 2.30. The van der Waals surface area contributed by atoms with Crippen molar-refractivity contribution in [3.63, 3.8) is 0 Å². The van der Waals surface area contributed by atoms with E-state index in [4.69, 9.17) is 39.5 Å². The second-order valence-electron chi connectivity index (χ2n) is 6.65. The molecule has 2 N–H and O–H groups in total. The Bertz CT molecular complexity index is 1170. The van der Waals surface area contributed by atoms with E-state index in [0.29, 0.717) is 44.7 Å². The number of rotatable bonds is 9. The van der Waals surface area contributed by atoms with Crippen LogP contribution in [0.1, 0.15) is 12.7 Å². The summed E-state index contributed by atoms with van der Waals surface area (Å²) < 4.78 is 7.01. The van der Waals surface area contributed by atoms with Crippen molar-refractivity contribution in [3.8, 4) is 5.75 Å². The lowest BCUT2D eigenvalue weighted by Gasteiger charge is -2.11. The van der Waals surface area contributed by atoms with Gasteiger partial charge in [0.25, 0.3) is 0 Å². The predicted molar refractivity (Wildman–Crippen MR) is 132 cm³/mol. The van der Waals surface area contributed by atoms with Crippen molar-refractivity contribution in [1.29, 1.82) is 0 Å². The Morgan fingerprint density at radius 1 is 1.06 bits per heavy atom. The van der Waals surface area contributed by atoms with Crippen LogP contribution in [0.2, 0.25) is 15.1 Å². The molecule has 0 bridgehead atoms. The Morgan fingerprint density at radius 3 is 2.55 bits per heavy atom. The van der Waals surface area contributed by atoms with Gasteiger partial charge in [0.15, 0.2) is 5.16 Å². The molecular weight excluding hydrogens is 509 g/mol. The maximum atomic E-state index is 12.5. The lowest BCUT2D eigenvalue weighted by Crippen LogP contribution is -2.18. The minimum atomic E-state index is -0.316. The molecule has 0 atom stereocenters. The van der Waals surface area contributed by atoms with Crippen molar-refractivity contribution in [2.45, 2.75) is 25.0 Å². The second kappa shape index (κ2) is 11.6. The van der Waals surface area contributed by atoms with Gasteiger partial charge in [-0.1, -0.05) is 52.6 Å². The Kier molecular flexibility index (Phi) is 8.85. The lowest BCUT2D eigenvalue weighted by molar-refractivity contribution is -0.116. The largest absolute Gasteiger partial charge is 0.495 e. The Hall–Kier alpha value is -2.46. The van der Waals surface area contributed by atoms with E-state index in [1.165, 1.54) is 18.9 Å². The molecular formula is C21H20Cl3N5O3S. The van der Waals surface area contributed by atoms with Gasteiger partial charge in [-0.25, -0.2) is 0 Å². The maximum absolute atomic E-state index is 12.5. The highest BCUT2D eigenvalue weighted by atomic mass is 35.5. The maximum Gasteiger partial charge on any atom is 0.234 e. The number of halogens is 3. The summed E-state index contributed by atoms with van der Waals surface area (Å²) in [5, 5.41) is 15.3. The molecule has 2 amide bonds. The zero-order valence-corrected chi connectivity index (χ0v) is 20.8. The fraction of sp³-hybridized carbons (Fsp3) is 0.238. The topological polar surface area (TPSA) is 98.1 Å². The smallest absolute Gasteiger partial charge is 0.234 e. The fourth-order valence-corrected chi connectivity index (χ4v) is 4.25. The second-order valence-corrected chi connectivity index (χ2v) is 8.81. The third-order valence-corrected chi connectivity index (χ3v) is 6.44. The Morgan fingerprint density at radius 2 is 1.82 bits per heavy atom. The van der Waals surface area contributed by atoms with Gasteiger partial charge in [-0.15, -0.1) is 10.2 Å². The van der Waals surface area contributed by atoms with E-state index >= 15 is 0 Å². The summed E-state index contributed by atoms with van der Waals surface area (Å²) in [6.45, 7) is 2.43. The predicted octanol–water partition coefficient (Wildman–Crippen LogP) is 5.18. The minimum absolute atomic E-state index is 0.0177. The highest BCUT2D eigenvalue weighted by molar-refractivity contribution is 7.99. The number of nitrogens with one attached hydrogen (secondary N) is 2. The molecule has 3 rings (SSSR count). The van der Waals surface area contributed by atoms with Crippen LogP contribution in [-0.2, 0) is 22.6 Å². The molecule has 0 aliphatic heterocycles. The number of nitrogens with zero attached hydrogens (tertiary/aromatic N) is 3. The third-order valence-electron chi connectivity index (χ3n) is 4.42. The number of hydrogen-bond donors (Lipinski definition) is 2. The number of carbonyl (C=O) groups excluding carboxylic acids is 2. The van der Waals surface area contributed by atoms with Crippen molar-refractivity contribution >= 4 is 69.8 Å². The molecule has 0 aliphatic rings. The van der Waals surface area contributed by atoms with Crippen LogP contribution in [0.25, 0.3) is 0 Å². The van der Waals surface area contributed by atoms with Gasteiger partial charge in [0, 0.05) is 11.6 Å². The molecule has 174 valence electrons. The van der Waals surface area contributed by atoms with E-state index in [2.05, 4.69) is 20.8 Å². The molecule has 2 aromatic carbocycles. The average molecular weight is 529 g/mol. The molecule has 0 saturated carbocycles. The van der Waals surface area contributed by atoms with E-state index in [0.717, 1.165) is 0 Å². The van der Waals surface area contributed by atoms with Gasteiger partial charge in [-0.2, -0.15) is 0 Å². The summed E-state index contributed by atoms with van der Waals surface area (Å²) in [4.78, 5) is 24.9. The molecule has 8 nitrogen and oxygen atoms in total. The van der Waals surface area contributed by atoms with Crippen LogP contribution in [0.5, 0.6) is 5.75 Å². The van der Waals surface area contributed by atoms with E-state index in [1.807, 2.05) is 6.92 Å². The van der Waals surface area contributed by atoms with Crippen molar-refractivity contribution in [1.82, 2.24) is 14.8 Å². The van der Waals surface area contributed by atoms with E-state index in [9.17, 15) is 9.59 Å². The first-order chi connectivity index (χ1) is 15.8. The van der Waals surface area contributed by atoms with E-state index in [1.54, 1.807) is 41.0 Å². The number of ether oxygens (including phenoxy) is 1. The molecule has 12 heteroatoms. The van der Waals surface area contributed by atoms with Crippen molar-refractivity contribution in [2.24, 2.45) is 0 Å². The highest BCUT2D eigenvalue weighted by Gasteiger charge is 2.17. The number of methoxy groups -OCH3 is 1. The van der Waals surface area contributed by atoms with Gasteiger partial charge < -0.3 is 19.9 Å². The number of anilines is 2. The first-order valence-corrected chi connectivity index (χ1v) is 11.9. The van der Waals surface area contributed by atoms with Gasteiger partial charge in [-0.3, -0.25) is 9.59 Å². The van der Waals surface area contributed by atoms with Crippen LogP contribution < -0.4 is 15.4 Å². The Balaban J connectivity index is 1.62. The molecule has 0 radical (unpaired) electrons. The molecule has 0 unspecified atom stereocenters. The number of hydrogen-bond acceptors (Lipinski definition) is 6. The summed E-state index contributed by atoms with van der Waals surface area (Å²) in [5.74, 6) is 0.470. The monoisotopic (exact) mass is 527 g/mol. The number of benzene rings is 2. The molecule has 0 spiro atoms. The average Bonchev–Trinajstić information content (AvgIpc) is 3.17. The zero-order valence-electron chi connectivity index (χ0n) is 17.7. The molecule has 0 fully saturated rings. The molecule has 1 heterocycles. The van der Waals surface area contributed by atoms with Crippen molar-refractivity contribution in [3.05, 3.63) is 57.3 Å². The number of carbonyl (C=O) groups is 2. The summed E-state index contributed by atoms with van der Waals surface area (Å²) in [5.41, 5.74) is 0.893. The quantitative estimate of drug-likeness (QED) is 0.371. The van der Waals surface area contributed by atoms with Gasteiger partial charge in [-0.05, 0) is 37.3 Å². The summed E-state index contributed by atoms with van der Waals surface area (Å²) in [6, 6.07) is 9.94. The van der Waals surface area contributed by atoms with Crippen LogP contribution in [-0.4, -0.2) is 39.4 Å². The van der Waals surface area contributed by atoms with Gasteiger partial charge in [0.2, 0.25) is 11.8 Å². The van der Waals surface area contributed by atoms with Gasteiger partial charge in [0.1, 0.15) is 11.6 Å². The van der Waals surface area contributed by atoms with Crippen LogP contribution in [0.3, 0.4) is 0 Å². The van der Waals surface area contributed by atoms with Crippen LogP contribution >= 0.6 is 46.6 Å². The van der Waals surface area contributed by atoms with Crippen LogP contribution in [0.15, 0.2) is 41.6 Å². The minimum Gasteiger partial charge on any atom is -0.495 e. The lowest BCUT2D eigenvalue weighted by atomic mass is 10.3. The van der Waals surface area contributed by atoms with Gasteiger partial charge in [0.05, 0.1) is 40.7 Å². The molecule has 3 aromatic rings. The van der Waals surface area contributed by atoms with Crippen molar-refractivity contribution in [2.75, 3.05) is 23.5 Å². The SMILES string of the molecule is CCn1c(CC(=O)Nc2cccc(Cl)c2Cl)nnc1SCC(=O)Nc1cc(Cl)ccc1OC. The normalized spacial score (nSPS) is 10.7. The summed E-state index contributed by atoms with van der Waals surface area (Å²) in [6.07, 6.45) is -0.0177. The summed E-state index contributed by atoms with van der Waals surface area (Å²) in [7, 11) is 1.51. The molecule has 33 heavy (non-hydrogen) atoms. The fourth-order valence-electron chi connectivity index (χ4n) is 2.91. The third kappa shape index (κ3) is 6.54. The molecule has 0 saturated heterocycles. The number of thioether (sulfide) groups is 1. The van der Waals surface area contributed by atoms with E-state index in [-0.39, 0.29) is 29.0 Å². The molecule has 1 aromatic heterocycles. The van der Waals surface area contributed by atoms with E-state index < -0.39 is 0 Å². The first kappa shape index (κ1) is 25.2. The zero-order chi connectivity index (χ0) is 24.0. The number of amides is 2. The Labute approximate surface area is 209 Å². The molecule has 0 aliphatic carbocycles. The van der Waals surface area contributed by atoms with Gasteiger partial charge >= 0.3 is 0 Å². The standard InChI is InChI=1S/C21H20Cl3N5O3S/c1-3-29-17(10-18(30)25-14-6-4-5-13(23)20(14)24)27-28-21(29)33-11-19(31)26-15-9-12(22)7-8-16(15)32-2/h4-9H,3,10-11H2,1-2H3,(H,25,30)(H,26,31). The van der Waals surface area contributed by atoms with Crippen LogP contribution in [0, 0.1) is 0 Å². The van der Waals surface area contributed by atoms with Crippen LogP contribution in [0.4, 0.5) is 11.4 Å². The summed E-state index contributed by atoms with van der Waals surface area (Å²) >= 11 is 19.3. The first-order valence-electron chi connectivity index (χ1n) is 9.74. The van der Waals surface area contributed by atoms with Crippen molar-refractivity contribution < 1.29 is 14.3 Å². The number of aromatic nitrogens is 3.